The zero-order valence-corrected chi connectivity index (χ0v) is 18.4. The Morgan fingerprint density at radius 3 is 2.30 bits per heavy atom. The van der Waals surface area contributed by atoms with E-state index in [9.17, 15) is 9.59 Å². The summed E-state index contributed by atoms with van der Waals surface area (Å²) >= 11 is 0. The lowest BCUT2D eigenvalue weighted by Gasteiger charge is -2.41. The Balaban J connectivity index is 1.60. The number of likely N-dealkylation sites (tertiary alicyclic amines) is 1. The Morgan fingerprint density at radius 1 is 1.07 bits per heavy atom. The second-order valence-electron chi connectivity index (χ2n) is 9.22. The summed E-state index contributed by atoms with van der Waals surface area (Å²) in [6.07, 6.45) is 3.13. The lowest BCUT2D eigenvalue weighted by Crippen LogP contribution is -2.55. The number of piperidine rings is 2. The van der Waals surface area contributed by atoms with Crippen molar-refractivity contribution >= 4 is 12.1 Å². The minimum atomic E-state index is -0.508. The highest BCUT2D eigenvalue weighted by Crippen LogP contribution is 2.26. The molecule has 2 heterocycles. The van der Waals surface area contributed by atoms with Gasteiger partial charge in [-0.1, -0.05) is 18.2 Å². The monoisotopic (exact) mass is 417 g/mol. The van der Waals surface area contributed by atoms with Gasteiger partial charge in [0.1, 0.15) is 17.4 Å². The number of carbonyl (C=O) groups is 2. The minimum Gasteiger partial charge on any atom is -0.444 e. The van der Waals surface area contributed by atoms with Crippen molar-refractivity contribution in [2.75, 3.05) is 26.2 Å². The predicted molar refractivity (Wildman–Crippen MR) is 115 cm³/mol. The smallest absolute Gasteiger partial charge is 0.407 e. The Hall–Kier alpha value is -2.12. The number of rotatable bonds is 5. The second kappa shape index (κ2) is 10.3. The van der Waals surface area contributed by atoms with Gasteiger partial charge in [-0.25, -0.2) is 9.59 Å². The molecular formula is C23H35N3O4. The van der Waals surface area contributed by atoms with Crippen LogP contribution in [0.4, 0.5) is 4.79 Å². The molecule has 0 aromatic heterocycles. The average molecular weight is 418 g/mol. The topological polar surface area (TPSA) is 79.9 Å². The summed E-state index contributed by atoms with van der Waals surface area (Å²) in [5, 5.41) is 6.35. The van der Waals surface area contributed by atoms with Crippen molar-refractivity contribution < 1.29 is 19.1 Å². The summed E-state index contributed by atoms with van der Waals surface area (Å²) in [6.45, 7) is 8.93. The van der Waals surface area contributed by atoms with E-state index in [1.165, 1.54) is 0 Å². The van der Waals surface area contributed by atoms with E-state index in [-0.39, 0.29) is 30.1 Å². The summed E-state index contributed by atoms with van der Waals surface area (Å²) in [6, 6.07) is 9.09. The molecule has 2 aliphatic rings. The van der Waals surface area contributed by atoms with Gasteiger partial charge in [-0.3, -0.25) is 4.90 Å². The van der Waals surface area contributed by atoms with E-state index in [2.05, 4.69) is 15.5 Å². The predicted octanol–water partition coefficient (Wildman–Crippen LogP) is 2.95. The summed E-state index contributed by atoms with van der Waals surface area (Å²) in [5.41, 5.74) is -0.508. The van der Waals surface area contributed by atoms with Crippen LogP contribution in [-0.2, 0) is 9.53 Å². The molecule has 1 amide bonds. The summed E-state index contributed by atoms with van der Waals surface area (Å²) in [4.78, 5) is 27.5. The molecule has 30 heavy (non-hydrogen) atoms. The largest absolute Gasteiger partial charge is 0.444 e. The number of benzene rings is 1. The Kier molecular flexibility index (Phi) is 7.72. The van der Waals surface area contributed by atoms with Crippen molar-refractivity contribution in [1.29, 1.82) is 0 Å². The number of esters is 1. The van der Waals surface area contributed by atoms with Crippen LogP contribution in [0.25, 0.3) is 0 Å². The van der Waals surface area contributed by atoms with E-state index < -0.39 is 5.60 Å². The lowest BCUT2D eigenvalue weighted by atomic mass is 9.87. The average Bonchev–Trinajstić information content (AvgIpc) is 2.70. The third-order valence-corrected chi connectivity index (χ3v) is 5.68. The highest BCUT2D eigenvalue weighted by molar-refractivity contribution is 5.78. The molecule has 2 fully saturated rings. The van der Waals surface area contributed by atoms with Gasteiger partial charge in [0.05, 0.1) is 0 Å². The lowest BCUT2D eigenvalue weighted by molar-refractivity contribution is -0.143. The van der Waals surface area contributed by atoms with Crippen LogP contribution in [0.1, 0.15) is 46.5 Å². The van der Waals surface area contributed by atoms with Gasteiger partial charge >= 0.3 is 12.1 Å². The Labute approximate surface area is 179 Å². The first kappa shape index (κ1) is 22.6. The quantitative estimate of drug-likeness (QED) is 0.566. The van der Waals surface area contributed by atoms with Crippen LogP contribution in [0.15, 0.2) is 30.3 Å². The van der Waals surface area contributed by atoms with Crippen LogP contribution in [0.2, 0.25) is 0 Å². The molecule has 1 aromatic rings. The number of ether oxygens (including phenoxy) is 2. The van der Waals surface area contributed by atoms with Crippen LogP contribution in [-0.4, -0.2) is 60.8 Å². The van der Waals surface area contributed by atoms with Gasteiger partial charge in [0.2, 0.25) is 0 Å². The highest BCUT2D eigenvalue weighted by Gasteiger charge is 2.38. The van der Waals surface area contributed by atoms with E-state index in [0.29, 0.717) is 5.75 Å². The number of alkyl carbamates (subject to hydrolysis) is 1. The molecule has 2 N–H and O–H groups in total. The summed E-state index contributed by atoms with van der Waals surface area (Å²) in [5.74, 6) is 0.687. The van der Waals surface area contributed by atoms with Crippen molar-refractivity contribution in [1.82, 2.24) is 15.5 Å². The highest BCUT2D eigenvalue weighted by atomic mass is 16.6. The van der Waals surface area contributed by atoms with Crippen LogP contribution >= 0.6 is 0 Å². The first-order valence-electron chi connectivity index (χ1n) is 11.0. The Bertz CT molecular complexity index is 690. The van der Waals surface area contributed by atoms with Crippen LogP contribution in [0.3, 0.4) is 0 Å². The molecule has 7 heteroatoms. The molecule has 1 aromatic carbocycles. The standard InChI is InChI=1S/C23H35N3O4/c1-23(2,3)30-22(28)25-18-11-15-26(16-12-18)20(17-9-13-24-14-10-17)21(27)29-19-7-5-4-6-8-19/h4-8,17-18,20,24H,9-16H2,1-3H3,(H,25,28). The number of carbonyl (C=O) groups excluding carboxylic acids is 2. The van der Waals surface area contributed by atoms with Gasteiger partial charge in [-0.05, 0) is 77.6 Å². The number of hydrogen-bond acceptors (Lipinski definition) is 6. The van der Waals surface area contributed by atoms with Crippen LogP contribution < -0.4 is 15.4 Å². The molecular weight excluding hydrogens is 382 g/mol. The molecule has 0 bridgehead atoms. The van der Waals surface area contributed by atoms with Crippen molar-refractivity contribution in [3.8, 4) is 5.75 Å². The molecule has 166 valence electrons. The summed E-state index contributed by atoms with van der Waals surface area (Å²) < 4.78 is 11.1. The number of para-hydroxylation sites is 1. The van der Waals surface area contributed by atoms with E-state index >= 15 is 0 Å². The third kappa shape index (κ3) is 6.71. The molecule has 2 aliphatic heterocycles. The van der Waals surface area contributed by atoms with E-state index in [1.807, 2.05) is 51.1 Å². The van der Waals surface area contributed by atoms with Crippen molar-refractivity contribution in [3.63, 3.8) is 0 Å². The first-order valence-corrected chi connectivity index (χ1v) is 11.0. The zero-order chi connectivity index (χ0) is 21.6. The molecule has 0 radical (unpaired) electrons. The number of nitrogens with zero attached hydrogens (tertiary/aromatic N) is 1. The molecule has 2 saturated heterocycles. The van der Waals surface area contributed by atoms with Gasteiger partial charge in [0.15, 0.2) is 0 Å². The molecule has 1 atom stereocenters. The van der Waals surface area contributed by atoms with Crippen LogP contribution in [0.5, 0.6) is 5.75 Å². The maximum atomic E-state index is 13.2. The minimum absolute atomic E-state index is 0.0647. The maximum absolute atomic E-state index is 13.2. The van der Waals surface area contributed by atoms with Gasteiger partial charge in [-0.2, -0.15) is 0 Å². The van der Waals surface area contributed by atoms with Gasteiger partial charge < -0.3 is 20.1 Å². The van der Waals surface area contributed by atoms with E-state index in [0.717, 1.165) is 51.9 Å². The number of amides is 1. The van der Waals surface area contributed by atoms with Crippen molar-refractivity contribution in [2.45, 2.75) is 64.1 Å². The number of nitrogens with one attached hydrogen (secondary N) is 2. The van der Waals surface area contributed by atoms with Crippen LogP contribution in [0, 0.1) is 5.92 Å². The second-order valence-corrected chi connectivity index (χ2v) is 9.22. The molecule has 7 nitrogen and oxygen atoms in total. The maximum Gasteiger partial charge on any atom is 0.407 e. The van der Waals surface area contributed by atoms with Gasteiger partial charge in [-0.15, -0.1) is 0 Å². The molecule has 1 unspecified atom stereocenters. The van der Waals surface area contributed by atoms with Gasteiger partial charge in [0.25, 0.3) is 0 Å². The molecule has 0 aliphatic carbocycles. The first-order chi connectivity index (χ1) is 14.3. The molecule has 3 rings (SSSR count). The third-order valence-electron chi connectivity index (χ3n) is 5.68. The fourth-order valence-electron chi connectivity index (χ4n) is 4.26. The Morgan fingerprint density at radius 2 is 1.70 bits per heavy atom. The van der Waals surface area contributed by atoms with E-state index in [4.69, 9.17) is 9.47 Å². The molecule has 0 spiro atoms. The van der Waals surface area contributed by atoms with Gasteiger partial charge in [0, 0.05) is 19.1 Å². The van der Waals surface area contributed by atoms with E-state index in [1.54, 1.807) is 0 Å². The van der Waals surface area contributed by atoms with Crippen molar-refractivity contribution in [3.05, 3.63) is 30.3 Å². The fraction of sp³-hybridized carbons (Fsp3) is 0.652. The zero-order valence-electron chi connectivity index (χ0n) is 18.4. The fourth-order valence-corrected chi connectivity index (χ4v) is 4.26. The number of hydrogen-bond donors (Lipinski definition) is 2. The normalized spacial score (nSPS) is 20.4. The molecule has 0 saturated carbocycles. The SMILES string of the molecule is CC(C)(C)OC(=O)NC1CCN(C(C(=O)Oc2ccccc2)C2CCNCC2)CC1. The van der Waals surface area contributed by atoms with Crippen molar-refractivity contribution in [2.24, 2.45) is 5.92 Å². The summed E-state index contributed by atoms with van der Waals surface area (Å²) in [7, 11) is 0.